The van der Waals surface area contributed by atoms with Gasteiger partial charge in [0.15, 0.2) is 0 Å². The van der Waals surface area contributed by atoms with Crippen LogP contribution in [0, 0.1) is 17.0 Å². The number of nitro benzene ring substituents is 1. The molecular weight excluding hydrogens is 456 g/mol. The van der Waals surface area contributed by atoms with E-state index in [-0.39, 0.29) is 42.7 Å². The fourth-order valence-corrected chi connectivity index (χ4v) is 6.64. The largest absolute Gasteiger partial charge is 0.358 e. The molecule has 10 heteroatoms. The molecule has 1 fully saturated rings. The van der Waals surface area contributed by atoms with Crippen LogP contribution in [0.5, 0.6) is 0 Å². The number of non-ortho nitro benzene ring substituents is 1. The Bertz CT molecular complexity index is 1400. The molecule has 0 radical (unpaired) electrons. The number of benzene rings is 2. The van der Waals surface area contributed by atoms with Crippen LogP contribution in [-0.2, 0) is 22.9 Å². The van der Waals surface area contributed by atoms with E-state index in [1.807, 2.05) is 18.2 Å². The Morgan fingerprint density at radius 2 is 1.76 bits per heavy atom. The molecule has 2 aromatic carbocycles. The van der Waals surface area contributed by atoms with Gasteiger partial charge in [0, 0.05) is 60.5 Å². The van der Waals surface area contributed by atoms with E-state index in [4.69, 9.17) is 0 Å². The van der Waals surface area contributed by atoms with E-state index >= 15 is 0 Å². The van der Waals surface area contributed by atoms with E-state index in [2.05, 4.69) is 4.98 Å². The van der Waals surface area contributed by atoms with Crippen molar-refractivity contribution in [2.75, 3.05) is 26.2 Å². The first-order valence-corrected chi connectivity index (χ1v) is 12.9. The smallest absolute Gasteiger partial charge is 0.270 e. The van der Waals surface area contributed by atoms with Gasteiger partial charge in [-0.1, -0.05) is 6.07 Å². The van der Waals surface area contributed by atoms with Gasteiger partial charge < -0.3 is 9.88 Å². The number of hydrogen-bond acceptors (Lipinski definition) is 5. The van der Waals surface area contributed by atoms with Crippen LogP contribution in [0.15, 0.2) is 41.3 Å². The maximum Gasteiger partial charge on any atom is 0.270 e. The van der Waals surface area contributed by atoms with Crippen molar-refractivity contribution in [2.24, 2.45) is 0 Å². The molecule has 1 amide bonds. The van der Waals surface area contributed by atoms with Crippen molar-refractivity contribution in [3.8, 4) is 0 Å². The SMILES string of the molecule is Cc1ccc([N+](=O)[O-])cc1S(=O)(=O)N1CCN(C(=O)c2ccc3[nH]c4c(c3c2)CCCC4)CC1. The molecule has 1 aromatic heterocycles. The average molecular weight is 483 g/mol. The standard InChI is InChI=1S/C24H26N4O5S/c1-16-6-8-18(28(30)31)15-23(16)34(32,33)27-12-10-26(11-13-27)24(29)17-7-9-22-20(14-17)19-4-2-3-5-21(19)25-22/h6-9,14-15,25H,2-5,10-13H2,1H3. The normalized spacial score (nSPS) is 17.0. The van der Waals surface area contributed by atoms with Gasteiger partial charge in [0.25, 0.3) is 11.6 Å². The number of sulfonamides is 1. The minimum Gasteiger partial charge on any atom is -0.358 e. The highest BCUT2D eigenvalue weighted by Crippen LogP contribution is 2.30. The van der Waals surface area contributed by atoms with Crippen molar-refractivity contribution in [1.82, 2.24) is 14.2 Å². The molecule has 3 aromatic rings. The van der Waals surface area contributed by atoms with Crippen LogP contribution in [0.1, 0.15) is 40.0 Å². The summed E-state index contributed by atoms with van der Waals surface area (Å²) in [6, 6.07) is 9.57. The Morgan fingerprint density at radius 3 is 2.50 bits per heavy atom. The first-order valence-electron chi connectivity index (χ1n) is 11.4. The zero-order valence-corrected chi connectivity index (χ0v) is 19.7. The number of carbonyl (C=O) groups is 1. The molecule has 0 bridgehead atoms. The number of H-pyrrole nitrogens is 1. The maximum atomic E-state index is 13.2. The molecular formula is C24H26N4O5S. The molecule has 2 aliphatic rings. The molecule has 34 heavy (non-hydrogen) atoms. The summed E-state index contributed by atoms with van der Waals surface area (Å²) in [6.07, 6.45) is 4.38. The number of piperazine rings is 1. The van der Waals surface area contributed by atoms with Gasteiger partial charge in [0.1, 0.15) is 0 Å². The molecule has 1 saturated heterocycles. The van der Waals surface area contributed by atoms with Gasteiger partial charge in [0.2, 0.25) is 10.0 Å². The minimum atomic E-state index is -3.91. The summed E-state index contributed by atoms with van der Waals surface area (Å²) in [6.45, 7) is 2.41. The topological polar surface area (TPSA) is 117 Å². The summed E-state index contributed by atoms with van der Waals surface area (Å²) in [4.78, 5) is 28.8. The molecule has 0 atom stereocenters. The minimum absolute atomic E-state index is 0.0656. The molecule has 1 aliphatic carbocycles. The number of hydrogen-bond donors (Lipinski definition) is 1. The lowest BCUT2D eigenvalue weighted by Crippen LogP contribution is -2.50. The maximum absolute atomic E-state index is 13.2. The second-order valence-corrected chi connectivity index (χ2v) is 10.9. The molecule has 0 spiro atoms. The lowest BCUT2D eigenvalue weighted by atomic mass is 9.95. The van der Waals surface area contributed by atoms with Crippen LogP contribution in [0.3, 0.4) is 0 Å². The van der Waals surface area contributed by atoms with Crippen molar-refractivity contribution < 1.29 is 18.1 Å². The number of nitrogens with one attached hydrogen (secondary N) is 1. The van der Waals surface area contributed by atoms with E-state index in [1.165, 1.54) is 34.1 Å². The molecule has 178 valence electrons. The van der Waals surface area contributed by atoms with E-state index < -0.39 is 14.9 Å². The summed E-state index contributed by atoms with van der Waals surface area (Å²) in [7, 11) is -3.91. The first kappa shape index (κ1) is 22.5. The molecule has 1 N–H and O–H groups in total. The first-order chi connectivity index (χ1) is 16.3. The summed E-state index contributed by atoms with van der Waals surface area (Å²) in [5, 5.41) is 12.2. The fourth-order valence-electron chi connectivity index (χ4n) is 4.97. The van der Waals surface area contributed by atoms with E-state index in [1.54, 1.807) is 11.8 Å². The van der Waals surface area contributed by atoms with Crippen molar-refractivity contribution in [3.63, 3.8) is 0 Å². The third-order valence-corrected chi connectivity index (χ3v) is 8.91. The Hall–Kier alpha value is -3.24. The highest BCUT2D eigenvalue weighted by Gasteiger charge is 2.32. The van der Waals surface area contributed by atoms with Crippen LogP contribution >= 0.6 is 0 Å². The summed E-state index contributed by atoms with van der Waals surface area (Å²) < 4.78 is 27.7. The second kappa shape index (κ2) is 8.52. The summed E-state index contributed by atoms with van der Waals surface area (Å²) in [5.41, 5.74) is 4.41. The van der Waals surface area contributed by atoms with Crippen molar-refractivity contribution >= 4 is 32.5 Å². The second-order valence-electron chi connectivity index (χ2n) is 8.95. The number of aromatic amines is 1. The number of carbonyl (C=O) groups excluding carboxylic acids is 1. The van der Waals surface area contributed by atoms with Gasteiger partial charge in [0.05, 0.1) is 9.82 Å². The third-order valence-electron chi connectivity index (χ3n) is 6.87. The number of nitrogens with zero attached hydrogens (tertiary/aromatic N) is 3. The molecule has 1 aliphatic heterocycles. The molecule has 9 nitrogen and oxygen atoms in total. The van der Waals surface area contributed by atoms with Crippen molar-refractivity contribution in [3.05, 3.63) is 68.9 Å². The Kier molecular flexibility index (Phi) is 5.65. The Labute approximate surface area is 197 Å². The van der Waals surface area contributed by atoms with Gasteiger partial charge in [-0.3, -0.25) is 14.9 Å². The van der Waals surface area contributed by atoms with E-state index in [0.29, 0.717) is 11.1 Å². The lowest BCUT2D eigenvalue weighted by Gasteiger charge is -2.34. The van der Waals surface area contributed by atoms with E-state index in [0.717, 1.165) is 36.2 Å². The lowest BCUT2D eigenvalue weighted by molar-refractivity contribution is -0.385. The Balaban J connectivity index is 1.33. The molecule has 0 unspecified atom stereocenters. The molecule has 0 saturated carbocycles. The third kappa shape index (κ3) is 3.86. The van der Waals surface area contributed by atoms with Gasteiger partial charge in [-0.25, -0.2) is 8.42 Å². The van der Waals surface area contributed by atoms with Gasteiger partial charge >= 0.3 is 0 Å². The Morgan fingerprint density at radius 1 is 1.03 bits per heavy atom. The number of aromatic nitrogens is 1. The molecule has 2 heterocycles. The monoisotopic (exact) mass is 482 g/mol. The number of nitro groups is 1. The van der Waals surface area contributed by atoms with Crippen LogP contribution in [0.25, 0.3) is 10.9 Å². The van der Waals surface area contributed by atoms with Gasteiger partial charge in [-0.05, 0) is 61.9 Å². The number of rotatable bonds is 4. The zero-order chi connectivity index (χ0) is 24.0. The predicted molar refractivity (Wildman–Crippen MR) is 127 cm³/mol. The number of aryl methyl sites for hydroxylation is 3. The number of amides is 1. The average Bonchev–Trinajstić information content (AvgIpc) is 3.21. The van der Waals surface area contributed by atoms with Crippen LogP contribution in [0.4, 0.5) is 5.69 Å². The van der Waals surface area contributed by atoms with Gasteiger partial charge in [-0.2, -0.15) is 4.31 Å². The van der Waals surface area contributed by atoms with Crippen LogP contribution in [0.2, 0.25) is 0 Å². The molecule has 5 rings (SSSR count). The zero-order valence-electron chi connectivity index (χ0n) is 18.9. The number of fused-ring (bicyclic) bond motifs is 3. The van der Waals surface area contributed by atoms with Crippen molar-refractivity contribution in [1.29, 1.82) is 0 Å². The van der Waals surface area contributed by atoms with Crippen LogP contribution < -0.4 is 0 Å². The van der Waals surface area contributed by atoms with Gasteiger partial charge in [-0.15, -0.1) is 0 Å². The quantitative estimate of drug-likeness (QED) is 0.452. The highest BCUT2D eigenvalue weighted by molar-refractivity contribution is 7.89. The van der Waals surface area contributed by atoms with Crippen LogP contribution in [-0.4, -0.2) is 59.6 Å². The summed E-state index contributed by atoms with van der Waals surface area (Å²) >= 11 is 0. The van der Waals surface area contributed by atoms with Crippen molar-refractivity contribution in [2.45, 2.75) is 37.5 Å². The predicted octanol–water partition coefficient (Wildman–Crippen LogP) is 3.41. The fraction of sp³-hybridized carbons (Fsp3) is 0.375. The summed E-state index contributed by atoms with van der Waals surface area (Å²) in [5.74, 6) is -0.115. The highest BCUT2D eigenvalue weighted by atomic mass is 32.2. The van der Waals surface area contributed by atoms with E-state index in [9.17, 15) is 23.3 Å².